The van der Waals surface area contributed by atoms with E-state index in [1.54, 1.807) is 19.2 Å². The van der Waals surface area contributed by atoms with Crippen LogP contribution in [0.1, 0.15) is 47.8 Å². The summed E-state index contributed by atoms with van der Waals surface area (Å²) in [4.78, 5) is 30.3. The third-order valence-corrected chi connectivity index (χ3v) is 7.64. The van der Waals surface area contributed by atoms with Gasteiger partial charge in [0.05, 0.1) is 10.7 Å². The minimum atomic E-state index is -0.554. The highest BCUT2D eigenvalue weighted by molar-refractivity contribution is 6.31. The number of imidazole rings is 1. The second kappa shape index (κ2) is 11.0. The van der Waals surface area contributed by atoms with E-state index in [-0.39, 0.29) is 10.9 Å². The minimum absolute atomic E-state index is 0.0926. The summed E-state index contributed by atoms with van der Waals surface area (Å²) in [5.74, 6) is 1.27. The molecule has 0 saturated carbocycles. The first-order valence-corrected chi connectivity index (χ1v) is 13.1. The van der Waals surface area contributed by atoms with Crippen molar-refractivity contribution in [2.24, 2.45) is 5.73 Å². The number of piperidine rings is 1. The van der Waals surface area contributed by atoms with Crippen molar-refractivity contribution in [3.8, 4) is 11.3 Å². The van der Waals surface area contributed by atoms with Crippen LogP contribution in [0.25, 0.3) is 11.3 Å². The molecule has 0 radical (unpaired) electrons. The van der Waals surface area contributed by atoms with E-state index < -0.39 is 11.7 Å². The van der Waals surface area contributed by atoms with Crippen molar-refractivity contribution < 1.29 is 9.18 Å². The Morgan fingerprint density at radius 2 is 1.92 bits per heavy atom. The molecule has 0 atom stereocenters. The molecule has 3 aromatic rings. The van der Waals surface area contributed by atoms with E-state index in [0.717, 1.165) is 56.1 Å². The first-order valence-electron chi connectivity index (χ1n) is 12.8. The van der Waals surface area contributed by atoms with Crippen molar-refractivity contribution in [2.75, 3.05) is 50.0 Å². The van der Waals surface area contributed by atoms with Crippen molar-refractivity contribution in [2.45, 2.75) is 38.1 Å². The molecule has 0 unspecified atom stereocenters. The molecule has 9 nitrogen and oxygen atoms in total. The number of anilines is 2. The van der Waals surface area contributed by atoms with Gasteiger partial charge in [-0.2, -0.15) is 0 Å². The van der Waals surface area contributed by atoms with Crippen LogP contribution in [0.15, 0.2) is 30.7 Å². The molecule has 1 aromatic carbocycles. The maximum atomic E-state index is 13.8. The molecule has 196 valence electrons. The van der Waals surface area contributed by atoms with Crippen LogP contribution in [-0.2, 0) is 6.54 Å². The fraction of sp³-hybridized carbons (Fsp3) is 0.462. The number of carbonyl (C=O) groups excluding carboxylic acids is 1. The molecule has 4 heterocycles. The minimum Gasteiger partial charge on any atom is -0.372 e. The third-order valence-electron chi connectivity index (χ3n) is 7.35. The van der Waals surface area contributed by atoms with E-state index in [1.165, 1.54) is 25.2 Å². The summed E-state index contributed by atoms with van der Waals surface area (Å²) >= 11 is 6.07. The van der Waals surface area contributed by atoms with Crippen LogP contribution in [0.3, 0.4) is 0 Å². The fourth-order valence-electron chi connectivity index (χ4n) is 5.37. The van der Waals surface area contributed by atoms with Crippen LogP contribution < -0.4 is 16.0 Å². The van der Waals surface area contributed by atoms with Gasteiger partial charge >= 0.3 is 0 Å². The van der Waals surface area contributed by atoms with E-state index in [2.05, 4.69) is 35.8 Å². The van der Waals surface area contributed by atoms with E-state index >= 15 is 0 Å². The summed E-state index contributed by atoms with van der Waals surface area (Å²) in [7, 11) is 1.71. The van der Waals surface area contributed by atoms with Gasteiger partial charge in [0.2, 0.25) is 0 Å². The first kappa shape index (κ1) is 25.4. The van der Waals surface area contributed by atoms with E-state index in [1.807, 2.05) is 0 Å². The van der Waals surface area contributed by atoms with Gasteiger partial charge in [0.1, 0.15) is 35.2 Å². The summed E-state index contributed by atoms with van der Waals surface area (Å²) in [5, 5.41) is 3.03. The summed E-state index contributed by atoms with van der Waals surface area (Å²) < 4.78 is 16.0. The molecule has 2 saturated heterocycles. The lowest BCUT2D eigenvalue weighted by Gasteiger charge is -2.33. The van der Waals surface area contributed by atoms with Gasteiger partial charge in [-0.15, -0.1) is 0 Å². The average molecular weight is 527 g/mol. The topological polar surface area (TPSA) is 105 Å². The number of amides is 1. The van der Waals surface area contributed by atoms with Crippen molar-refractivity contribution >= 4 is 29.1 Å². The van der Waals surface area contributed by atoms with Gasteiger partial charge in [-0.05, 0) is 57.0 Å². The Kier molecular flexibility index (Phi) is 7.57. The Balaban J connectivity index is 1.38. The molecule has 3 N–H and O–H groups in total. The molecular weight excluding hydrogens is 495 g/mol. The number of nitrogens with zero attached hydrogens (tertiary/aromatic N) is 6. The molecule has 2 aliphatic heterocycles. The number of benzene rings is 1. The maximum Gasteiger partial charge on any atom is 0.256 e. The Hall–Kier alpha value is -3.24. The molecule has 0 spiro atoms. The average Bonchev–Trinajstić information content (AvgIpc) is 3.59. The molecule has 0 aliphatic carbocycles. The zero-order valence-corrected chi connectivity index (χ0v) is 21.7. The number of nitrogens with one attached hydrogen (secondary N) is 1. The number of hydrogen-bond acceptors (Lipinski definition) is 7. The lowest BCUT2D eigenvalue weighted by Crippen LogP contribution is -2.36. The number of halogens is 2. The fourth-order valence-corrected chi connectivity index (χ4v) is 5.55. The van der Waals surface area contributed by atoms with Crippen LogP contribution in [0.4, 0.5) is 16.0 Å². The summed E-state index contributed by atoms with van der Waals surface area (Å²) in [5.41, 5.74) is 7.57. The zero-order valence-electron chi connectivity index (χ0n) is 21.0. The Morgan fingerprint density at radius 1 is 1.16 bits per heavy atom. The lowest BCUT2D eigenvalue weighted by atomic mass is 9.95. The largest absolute Gasteiger partial charge is 0.372 e. The van der Waals surface area contributed by atoms with Gasteiger partial charge in [-0.25, -0.2) is 19.3 Å². The maximum absolute atomic E-state index is 13.8. The van der Waals surface area contributed by atoms with Crippen LogP contribution in [0, 0.1) is 5.82 Å². The van der Waals surface area contributed by atoms with Gasteiger partial charge in [0, 0.05) is 50.9 Å². The molecule has 37 heavy (non-hydrogen) atoms. The van der Waals surface area contributed by atoms with Crippen molar-refractivity contribution in [1.29, 1.82) is 0 Å². The summed E-state index contributed by atoms with van der Waals surface area (Å²) in [6.45, 7) is 5.52. The van der Waals surface area contributed by atoms with E-state index in [9.17, 15) is 9.18 Å². The van der Waals surface area contributed by atoms with Gasteiger partial charge in [0.15, 0.2) is 0 Å². The quantitative estimate of drug-likeness (QED) is 0.460. The first-order chi connectivity index (χ1) is 17.9. The highest BCUT2D eigenvalue weighted by Gasteiger charge is 2.29. The predicted octanol–water partition coefficient (Wildman–Crippen LogP) is 3.75. The Morgan fingerprint density at radius 3 is 2.59 bits per heavy atom. The zero-order chi connectivity index (χ0) is 25.9. The van der Waals surface area contributed by atoms with Gasteiger partial charge in [-0.3, -0.25) is 4.79 Å². The number of nitrogens with two attached hydrogens (primary N) is 1. The van der Waals surface area contributed by atoms with Gasteiger partial charge in [0.25, 0.3) is 5.91 Å². The van der Waals surface area contributed by atoms with Crippen molar-refractivity contribution in [3.63, 3.8) is 0 Å². The van der Waals surface area contributed by atoms with Gasteiger partial charge < -0.3 is 25.4 Å². The highest BCUT2D eigenvalue weighted by atomic mass is 35.5. The molecular formula is C26H32ClFN8O. The predicted molar refractivity (Wildman–Crippen MR) is 143 cm³/mol. The van der Waals surface area contributed by atoms with Crippen molar-refractivity contribution in [1.82, 2.24) is 24.4 Å². The Bertz CT molecular complexity index is 1270. The van der Waals surface area contributed by atoms with E-state index in [0.29, 0.717) is 30.3 Å². The molecule has 0 bridgehead atoms. The van der Waals surface area contributed by atoms with Gasteiger partial charge in [-0.1, -0.05) is 11.6 Å². The number of likely N-dealkylation sites (tertiary alicyclic amines) is 1. The summed E-state index contributed by atoms with van der Waals surface area (Å²) in [6.07, 6.45) is 7.71. The standard InChI is InChI=1S/C26H32ClFN8O/c1-30-24-22(23(29)37)26(32-16-31-24)35-10-6-17(7-11-35)25-33-21(18-4-5-20(28)19(27)14-18)15-36(25)13-12-34-8-2-3-9-34/h4-5,14-17H,2-3,6-13H2,1H3,(H2,29,37)(H,30,31,32). The number of aromatic nitrogens is 4. The molecule has 2 aliphatic rings. The second-order valence-electron chi connectivity index (χ2n) is 9.65. The molecule has 5 rings (SSSR count). The highest BCUT2D eigenvalue weighted by Crippen LogP contribution is 2.34. The van der Waals surface area contributed by atoms with Crippen LogP contribution in [0.5, 0.6) is 0 Å². The molecule has 1 amide bonds. The smallest absolute Gasteiger partial charge is 0.256 e. The number of primary amides is 1. The van der Waals surface area contributed by atoms with Crippen LogP contribution in [-0.4, -0.2) is 70.1 Å². The number of carbonyl (C=O) groups is 1. The molecule has 11 heteroatoms. The molecule has 2 fully saturated rings. The number of rotatable bonds is 8. The second-order valence-corrected chi connectivity index (χ2v) is 10.1. The lowest BCUT2D eigenvalue weighted by molar-refractivity contribution is 0.100. The van der Waals surface area contributed by atoms with Crippen LogP contribution >= 0.6 is 11.6 Å². The monoisotopic (exact) mass is 526 g/mol. The van der Waals surface area contributed by atoms with E-state index in [4.69, 9.17) is 22.3 Å². The summed E-state index contributed by atoms with van der Waals surface area (Å²) in [6, 6.07) is 4.74. The molecule has 2 aromatic heterocycles. The SMILES string of the molecule is CNc1ncnc(N2CCC(c3nc(-c4ccc(F)c(Cl)c4)cn3CCN3CCCC3)CC2)c1C(N)=O. The number of hydrogen-bond donors (Lipinski definition) is 2. The van der Waals surface area contributed by atoms with Crippen LogP contribution in [0.2, 0.25) is 5.02 Å². The normalized spacial score (nSPS) is 16.9. The van der Waals surface area contributed by atoms with Crippen molar-refractivity contribution in [3.05, 3.63) is 53.0 Å². The Labute approximate surface area is 220 Å². The third kappa shape index (κ3) is 5.40.